The smallest absolute Gasteiger partial charge is 0.324 e. The first-order valence-corrected chi connectivity index (χ1v) is 10.6. The van der Waals surface area contributed by atoms with Gasteiger partial charge in [-0.1, -0.05) is 28.9 Å². The van der Waals surface area contributed by atoms with E-state index in [1.54, 1.807) is 31.4 Å². The van der Waals surface area contributed by atoms with E-state index >= 15 is 0 Å². The molecule has 3 aromatic rings. The van der Waals surface area contributed by atoms with Crippen LogP contribution in [0.2, 0.25) is 5.02 Å². The fourth-order valence-electron chi connectivity index (χ4n) is 2.41. The summed E-state index contributed by atoms with van der Waals surface area (Å²) in [5.74, 6) is 0.200. The fourth-order valence-corrected chi connectivity index (χ4v) is 3.73. The Hall–Kier alpha value is -2.95. The van der Waals surface area contributed by atoms with Crippen molar-refractivity contribution in [3.63, 3.8) is 0 Å². The average Bonchev–Trinajstić information content (AvgIpc) is 3.21. The standard InChI is InChI=1S/C19H18ClN3O6S/c1-12(23-30(25,26)16-8-6-14(20)7-9-16)19(24)28-11-17-21-18(22-29-17)13-4-3-5-15(10-13)27-2/h3-10,12,23H,11H2,1-2H3/t12-/m0/s1. The number of benzene rings is 2. The maximum atomic E-state index is 12.3. The molecule has 0 amide bonds. The number of methoxy groups -OCH3 is 1. The number of carbonyl (C=O) groups is 1. The van der Waals surface area contributed by atoms with Crippen LogP contribution in [0.3, 0.4) is 0 Å². The van der Waals surface area contributed by atoms with E-state index in [-0.39, 0.29) is 17.4 Å². The Morgan fingerprint density at radius 3 is 2.67 bits per heavy atom. The predicted octanol–water partition coefficient (Wildman–Crippen LogP) is 2.81. The third-order valence-corrected chi connectivity index (χ3v) is 5.75. The van der Waals surface area contributed by atoms with Gasteiger partial charge in [-0.25, -0.2) is 8.42 Å². The summed E-state index contributed by atoms with van der Waals surface area (Å²) in [5, 5.41) is 4.23. The van der Waals surface area contributed by atoms with E-state index in [4.69, 9.17) is 25.6 Å². The third-order valence-electron chi connectivity index (χ3n) is 3.94. The molecule has 0 aliphatic rings. The zero-order chi connectivity index (χ0) is 21.7. The lowest BCUT2D eigenvalue weighted by Gasteiger charge is -2.13. The second kappa shape index (κ2) is 9.24. The van der Waals surface area contributed by atoms with Gasteiger partial charge in [-0.05, 0) is 43.3 Å². The molecule has 9 nitrogen and oxygen atoms in total. The van der Waals surface area contributed by atoms with Gasteiger partial charge in [0.05, 0.1) is 12.0 Å². The van der Waals surface area contributed by atoms with Gasteiger partial charge in [0, 0.05) is 10.6 Å². The van der Waals surface area contributed by atoms with Gasteiger partial charge < -0.3 is 14.0 Å². The van der Waals surface area contributed by atoms with Crippen LogP contribution in [0.1, 0.15) is 12.8 Å². The summed E-state index contributed by atoms with van der Waals surface area (Å²) in [6, 6.07) is 11.5. The Morgan fingerprint density at radius 2 is 1.97 bits per heavy atom. The van der Waals surface area contributed by atoms with E-state index in [2.05, 4.69) is 14.9 Å². The number of sulfonamides is 1. The number of halogens is 1. The number of esters is 1. The summed E-state index contributed by atoms with van der Waals surface area (Å²) < 4.78 is 42.2. The minimum atomic E-state index is -3.92. The molecule has 30 heavy (non-hydrogen) atoms. The molecular weight excluding hydrogens is 434 g/mol. The van der Waals surface area contributed by atoms with Gasteiger partial charge in [-0.3, -0.25) is 4.79 Å². The molecule has 1 atom stereocenters. The monoisotopic (exact) mass is 451 g/mol. The fraction of sp³-hybridized carbons (Fsp3) is 0.211. The number of hydrogen-bond donors (Lipinski definition) is 1. The number of ether oxygens (including phenoxy) is 2. The Balaban J connectivity index is 1.59. The number of rotatable bonds is 8. The molecule has 0 unspecified atom stereocenters. The summed E-state index contributed by atoms with van der Waals surface area (Å²) in [7, 11) is -2.37. The van der Waals surface area contributed by atoms with Crippen molar-refractivity contribution < 1.29 is 27.2 Å². The highest BCUT2D eigenvalue weighted by Crippen LogP contribution is 2.21. The number of aromatic nitrogens is 2. The van der Waals surface area contributed by atoms with Crippen LogP contribution in [-0.2, 0) is 26.2 Å². The molecule has 2 aromatic carbocycles. The third kappa shape index (κ3) is 5.35. The molecule has 3 rings (SSSR count). The first kappa shape index (κ1) is 21.8. The Kier molecular flexibility index (Phi) is 6.70. The first-order chi connectivity index (χ1) is 14.3. The van der Waals surface area contributed by atoms with Gasteiger partial charge >= 0.3 is 5.97 Å². The number of carbonyl (C=O) groups excluding carboxylic acids is 1. The predicted molar refractivity (Wildman–Crippen MR) is 107 cm³/mol. The summed E-state index contributed by atoms with van der Waals surface area (Å²) >= 11 is 5.76. The van der Waals surface area contributed by atoms with Crippen LogP contribution in [0.25, 0.3) is 11.4 Å². The molecule has 0 spiro atoms. The van der Waals surface area contributed by atoms with Crippen molar-refractivity contribution in [3.8, 4) is 17.1 Å². The molecule has 11 heteroatoms. The molecule has 1 heterocycles. The minimum absolute atomic E-state index is 0.0219. The molecular formula is C19H18ClN3O6S. The molecule has 1 N–H and O–H groups in total. The lowest BCUT2D eigenvalue weighted by molar-refractivity contribution is -0.147. The van der Waals surface area contributed by atoms with Crippen LogP contribution in [0.5, 0.6) is 5.75 Å². The van der Waals surface area contributed by atoms with Crippen LogP contribution in [0.4, 0.5) is 0 Å². The SMILES string of the molecule is COc1cccc(-c2noc(COC(=O)[C@H](C)NS(=O)(=O)c3ccc(Cl)cc3)n2)c1. The highest BCUT2D eigenvalue weighted by atomic mass is 35.5. The topological polar surface area (TPSA) is 121 Å². The van der Waals surface area contributed by atoms with Crippen molar-refractivity contribution in [3.05, 3.63) is 59.4 Å². The first-order valence-electron chi connectivity index (χ1n) is 8.70. The van der Waals surface area contributed by atoms with Gasteiger partial charge in [-0.15, -0.1) is 0 Å². The van der Waals surface area contributed by atoms with E-state index in [1.165, 1.54) is 31.2 Å². The average molecular weight is 452 g/mol. The largest absolute Gasteiger partial charge is 0.497 e. The van der Waals surface area contributed by atoms with E-state index in [0.29, 0.717) is 22.2 Å². The van der Waals surface area contributed by atoms with Crippen LogP contribution in [-0.4, -0.2) is 37.7 Å². The normalized spacial score (nSPS) is 12.4. The molecule has 158 valence electrons. The Labute approximate surface area is 178 Å². The summed E-state index contributed by atoms with van der Waals surface area (Å²) in [6.07, 6.45) is 0. The molecule has 0 radical (unpaired) electrons. The lowest BCUT2D eigenvalue weighted by Crippen LogP contribution is -2.39. The van der Waals surface area contributed by atoms with E-state index in [0.717, 1.165) is 0 Å². The molecule has 0 saturated heterocycles. The summed E-state index contributed by atoms with van der Waals surface area (Å²) in [6.45, 7) is 1.06. The molecule has 0 fully saturated rings. The highest BCUT2D eigenvalue weighted by Gasteiger charge is 2.24. The van der Waals surface area contributed by atoms with Crippen LogP contribution < -0.4 is 9.46 Å². The molecule has 0 aliphatic carbocycles. The van der Waals surface area contributed by atoms with Crippen LogP contribution >= 0.6 is 11.6 Å². The highest BCUT2D eigenvalue weighted by molar-refractivity contribution is 7.89. The Bertz CT molecular complexity index is 1130. The van der Waals surface area contributed by atoms with Gasteiger partial charge in [-0.2, -0.15) is 9.71 Å². The van der Waals surface area contributed by atoms with Crippen molar-refractivity contribution in [1.29, 1.82) is 0 Å². The maximum Gasteiger partial charge on any atom is 0.324 e. The summed E-state index contributed by atoms with van der Waals surface area (Å²) in [5.41, 5.74) is 0.666. The van der Waals surface area contributed by atoms with E-state index < -0.39 is 22.0 Å². The zero-order valence-corrected chi connectivity index (χ0v) is 17.6. The van der Waals surface area contributed by atoms with E-state index in [9.17, 15) is 13.2 Å². The van der Waals surface area contributed by atoms with E-state index in [1.807, 2.05) is 0 Å². The summed E-state index contributed by atoms with van der Waals surface area (Å²) in [4.78, 5) is 16.3. The number of nitrogens with zero attached hydrogens (tertiary/aromatic N) is 2. The second-order valence-electron chi connectivity index (χ2n) is 6.15. The number of hydrogen-bond acceptors (Lipinski definition) is 8. The van der Waals surface area contributed by atoms with Gasteiger partial charge in [0.1, 0.15) is 11.8 Å². The maximum absolute atomic E-state index is 12.3. The van der Waals surface area contributed by atoms with Crippen molar-refractivity contribution in [2.75, 3.05) is 7.11 Å². The molecule has 0 saturated carbocycles. The molecule has 0 aliphatic heterocycles. The lowest BCUT2D eigenvalue weighted by atomic mass is 10.2. The minimum Gasteiger partial charge on any atom is -0.497 e. The quantitative estimate of drug-likeness (QED) is 0.519. The molecule has 1 aromatic heterocycles. The second-order valence-corrected chi connectivity index (χ2v) is 8.30. The van der Waals surface area contributed by atoms with Gasteiger partial charge in [0.25, 0.3) is 5.89 Å². The van der Waals surface area contributed by atoms with Gasteiger partial charge in [0.2, 0.25) is 15.8 Å². The van der Waals surface area contributed by atoms with Crippen molar-refractivity contribution in [2.24, 2.45) is 0 Å². The molecule has 0 bridgehead atoms. The Morgan fingerprint density at radius 1 is 1.23 bits per heavy atom. The van der Waals surface area contributed by atoms with Crippen LogP contribution in [0, 0.1) is 0 Å². The van der Waals surface area contributed by atoms with Crippen LogP contribution in [0.15, 0.2) is 57.9 Å². The van der Waals surface area contributed by atoms with Crippen molar-refractivity contribution in [2.45, 2.75) is 24.5 Å². The zero-order valence-electron chi connectivity index (χ0n) is 16.0. The van der Waals surface area contributed by atoms with Crippen molar-refractivity contribution in [1.82, 2.24) is 14.9 Å². The van der Waals surface area contributed by atoms with Gasteiger partial charge in [0.15, 0.2) is 6.61 Å². The number of nitrogens with one attached hydrogen (secondary N) is 1. The van der Waals surface area contributed by atoms with Crippen molar-refractivity contribution >= 4 is 27.6 Å².